The van der Waals surface area contributed by atoms with Crippen LogP contribution in [-0.2, 0) is 12.7 Å². The van der Waals surface area contributed by atoms with Crippen LogP contribution in [0.3, 0.4) is 0 Å². The molecular weight excluding hydrogens is 325 g/mol. The van der Waals surface area contributed by atoms with E-state index >= 15 is 0 Å². The van der Waals surface area contributed by atoms with Crippen molar-refractivity contribution in [2.24, 2.45) is 5.41 Å². The van der Waals surface area contributed by atoms with Crippen LogP contribution in [0, 0.1) is 5.41 Å². The lowest BCUT2D eigenvalue weighted by Gasteiger charge is -2.51. The van der Waals surface area contributed by atoms with Crippen LogP contribution in [0.4, 0.5) is 13.2 Å². The van der Waals surface area contributed by atoms with Gasteiger partial charge >= 0.3 is 6.18 Å². The highest BCUT2D eigenvalue weighted by molar-refractivity contribution is 5.25. The fourth-order valence-corrected chi connectivity index (χ4v) is 4.02. The Balaban J connectivity index is 1.74. The molecule has 2 aliphatic rings. The summed E-state index contributed by atoms with van der Waals surface area (Å²) in [6.07, 6.45) is -0.355. The summed E-state index contributed by atoms with van der Waals surface area (Å²) in [7, 11) is 0. The van der Waals surface area contributed by atoms with Gasteiger partial charge in [-0.05, 0) is 29.9 Å². The maximum Gasteiger partial charge on any atom is 0.416 e. The molecule has 5 heteroatoms. The standard InChI is InChI=1S/C20H29F3N2/c1-19(2,3)18-14-24(17-8-5-9-17)10-11-25(18)13-15-6-4-7-16(12-15)20(21,22)23/h4,6-7,12,17-18H,5,8-11,13-14H2,1-3H3. The minimum atomic E-state index is -4.28. The van der Waals surface area contributed by atoms with Gasteiger partial charge in [-0.3, -0.25) is 9.80 Å². The summed E-state index contributed by atoms with van der Waals surface area (Å²) < 4.78 is 38.9. The summed E-state index contributed by atoms with van der Waals surface area (Å²) in [6.45, 7) is 10.3. The van der Waals surface area contributed by atoms with Crippen LogP contribution in [0.15, 0.2) is 24.3 Å². The van der Waals surface area contributed by atoms with Gasteiger partial charge in [-0.25, -0.2) is 0 Å². The molecule has 0 aromatic heterocycles. The molecule has 0 amide bonds. The Bertz CT molecular complexity index is 587. The fraction of sp³-hybridized carbons (Fsp3) is 0.700. The van der Waals surface area contributed by atoms with Crippen molar-refractivity contribution in [3.05, 3.63) is 35.4 Å². The molecule has 2 nitrogen and oxygen atoms in total. The SMILES string of the molecule is CC(C)(C)C1CN(C2CCC2)CCN1Cc1cccc(C(F)(F)F)c1. The lowest BCUT2D eigenvalue weighted by Crippen LogP contribution is -2.60. The molecule has 2 fully saturated rings. The summed E-state index contributed by atoms with van der Waals surface area (Å²) in [4.78, 5) is 4.98. The van der Waals surface area contributed by atoms with Crippen molar-refractivity contribution in [3.8, 4) is 0 Å². The number of hydrogen-bond acceptors (Lipinski definition) is 2. The van der Waals surface area contributed by atoms with Crippen molar-refractivity contribution < 1.29 is 13.2 Å². The van der Waals surface area contributed by atoms with E-state index in [0.717, 1.165) is 37.3 Å². The number of alkyl halides is 3. The van der Waals surface area contributed by atoms with Crippen molar-refractivity contribution in [3.63, 3.8) is 0 Å². The van der Waals surface area contributed by atoms with E-state index in [9.17, 15) is 13.2 Å². The van der Waals surface area contributed by atoms with Crippen LogP contribution in [0.2, 0.25) is 0 Å². The molecular formula is C20H29F3N2. The van der Waals surface area contributed by atoms with Crippen LogP contribution < -0.4 is 0 Å². The van der Waals surface area contributed by atoms with E-state index in [0.29, 0.717) is 12.6 Å². The van der Waals surface area contributed by atoms with Gasteiger partial charge in [0.05, 0.1) is 5.56 Å². The minimum absolute atomic E-state index is 0.101. The average Bonchev–Trinajstić information content (AvgIpc) is 2.45. The van der Waals surface area contributed by atoms with E-state index in [1.807, 2.05) is 6.07 Å². The first-order valence-corrected chi connectivity index (χ1v) is 9.29. The molecule has 1 saturated carbocycles. The van der Waals surface area contributed by atoms with Gasteiger partial charge in [-0.15, -0.1) is 0 Å². The zero-order valence-electron chi connectivity index (χ0n) is 15.4. The monoisotopic (exact) mass is 354 g/mol. The summed E-state index contributed by atoms with van der Waals surface area (Å²) in [5.41, 5.74) is 0.302. The van der Waals surface area contributed by atoms with Crippen molar-refractivity contribution in [1.29, 1.82) is 0 Å². The van der Waals surface area contributed by atoms with Crippen LogP contribution in [0.5, 0.6) is 0 Å². The Morgan fingerprint density at radius 1 is 1.08 bits per heavy atom. The highest BCUT2D eigenvalue weighted by Crippen LogP contribution is 2.34. The fourth-order valence-electron chi connectivity index (χ4n) is 4.02. The highest BCUT2D eigenvalue weighted by Gasteiger charge is 2.38. The van der Waals surface area contributed by atoms with E-state index in [2.05, 4.69) is 30.6 Å². The normalized spacial score (nSPS) is 24.3. The number of rotatable bonds is 3. The molecule has 0 bridgehead atoms. The maximum atomic E-state index is 13.0. The van der Waals surface area contributed by atoms with Gasteiger partial charge < -0.3 is 0 Å². The molecule has 1 aromatic carbocycles. The third kappa shape index (κ3) is 4.37. The van der Waals surface area contributed by atoms with Crippen LogP contribution in [0.1, 0.15) is 51.2 Å². The van der Waals surface area contributed by atoms with E-state index in [4.69, 9.17) is 0 Å². The van der Waals surface area contributed by atoms with Gasteiger partial charge in [0.2, 0.25) is 0 Å². The largest absolute Gasteiger partial charge is 0.416 e. The molecule has 0 radical (unpaired) electrons. The molecule has 1 aliphatic heterocycles. The van der Waals surface area contributed by atoms with E-state index in [1.165, 1.54) is 31.4 Å². The number of nitrogens with zero attached hydrogens (tertiary/aromatic N) is 2. The van der Waals surface area contributed by atoms with E-state index in [-0.39, 0.29) is 5.41 Å². The van der Waals surface area contributed by atoms with Gasteiger partial charge in [-0.2, -0.15) is 13.2 Å². The molecule has 3 rings (SSSR count). The number of piperazine rings is 1. The second-order valence-corrected chi connectivity index (χ2v) is 8.63. The Kier molecular flexibility index (Phi) is 5.18. The number of hydrogen-bond donors (Lipinski definition) is 0. The minimum Gasteiger partial charge on any atom is -0.298 e. The summed E-state index contributed by atoms with van der Waals surface area (Å²) in [6, 6.07) is 6.87. The molecule has 0 N–H and O–H groups in total. The van der Waals surface area contributed by atoms with Crippen LogP contribution in [0.25, 0.3) is 0 Å². The van der Waals surface area contributed by atoms with E-state index in [1.54, 1.807) is 0 Å². The summed E-state index contributed by atoms with van der Waals surface area (Å²) in [5.74, 6) is 0. The molecule has 1 saturated heterocycles. The van der Waals surface area contributed by atoms with Gasteiger partial charge in [0.1, 0.15) is 0 Å². The quantitative estimate of drug-likeness (QED) is 0.770. The lowest BCUT2D eigenvalue weighted by atomic mass is 9.82. The molecule has 1 unspecified atom stereocenters. The number of halogens is 3. The van der Waals surface area contributed by atoms with Gasteiger partial charge in [-0.1, -0.05) is 45.4 Å². The Morgan fingerprint density at radius 2 is 1.80 bits per heavy atom. The first kappa shape index (κ1) is 18.7. The Morgan fingerprint density at radius 3 is 2.36 bits per heavy atom. The molecule has 0 spiro atoms. The highest BCUT2D eigenvalue weighted by atomic mass is 19.4. The third-order valence-electron chi connectivity index (χ3n) is 5.75. The third-order valence-corrected chi connectivity index (χ3v) is 5.75. The van der Waals surface area contributed by atoms with Crippen molar-refractivity contribution in [2.45, 2.75) is 64.8 Å². The molecule has 140 valence electrons. The van der Waals surface area contributed by atoms with Gasteiger partial charge in [0, 0.05) is 38.3 Å². The van der Waals surface area contributed by atoms with E-state index < -0.39 is 11.7 Å². The zero-order chi connectivity index (χ0) is 18.2. The predicted molar refractivity (Wildman–Crippen MR) is 94.3 cm³/mol. The number of benzene rings is 1. The molecule has 1 aliphatic carbocycles. The first-order chi connectivity index (χ1) is 11.6. The summed E-state index contributed by atoms with van der Waals surface area (Å²) >= 11 is 0. The zero-order valence-corrected chi connectivity index (χ0v) is 15.4. The average molecular weight is 354 g/mol. The first-order valence-electron chi connectivity index (χ1n) is 9.29. The second-order valence-electron chi connectivity index (χ2n) is 8.63. The van der Waals surface area contributed by atoms with Gasteiger partial charge in [0.25, 0.3) is 0 Å². The van der Waals surface area contributed by atoms with Crippen molar-refractivity contribution in [1.82, 2.24) is 9.80 Å². The second kappa shape index (κ2) is 6.92. The molecule has 1 aromatic rings. The molecule has 1 atom stereocenters. The van der Waals surface area contributed by atoms with Crippen LogP contribution >= 0.6 is 0 Å². The maximum absolute atomic E-state index is 13.0. The topological polar surface area (TPSA) is 6.48 Å². The smallest absolute Gasteiger partial charge is 0.298 e. The Labute approximate surface area is 149 Å². The van der Waals surface area contributed by atoms with Gasteiger partial charge in [0.15, 0.2) is 0 Å². The van der Waals surface area contributed by atoms with Crippen molar-refractivity contribution in [2.75, 3.05) is 19.6 Å². The van der Waals surface area contributed by atoms with Crippen molar-refractivity contribution >= 4 is 0 Å². The molecule has 25 heavy (non-hydrogen) atoms. The Hall–Kier alpha value is -1.07. The molecule has 1 heterocycles. The van der Waals surface area contributed by atoms with Crippen LogP contribution in [-0.4, -0.2) is 41.5 Å². The predicted octanol–water partition coefficient (Wildman–Crippen LogP) is 4.79. The summed E-state index contributed by atoms with van der Waals surface area (Å²) in [5, 5.41) is 0. The lowest BCUT2D eigenvalue weighted by molar-refractivity contribution is -0.137.